The van der Waals surface area contributed by atoms with E-state index >= 15 is 0 Å². The number of carbonyl (C=O) groups is 1. The highest BCUT2D eigenvalue weighted by molar-refractivity contribution is 7.89. The Morgan fingerprint density at radius 2 is 1.93 bits per heavy atom. The maximum absolute atomic E-state index is 12.4. The summed E-state index contributed by atoms with van der Waals surface area (Å²) in [6.07, 6.45) is 4.72. The minimum Gasteiger partial charge on any atom is -0.360 e. The summed E-state index contributed by atoms with van der Waals surface area (Å²) >= 11 is 0. The maximum atomic E-state index is 12.4. The van der Waals surface area contributed by atoms with E-state index in [4.69, 9.17) is 4.52 Å². The maximum Gasteiger partial charge on any atom is 0.245 e. The SMILES string of the molecule is Cc1noc(C)c1S(=O)(=O)NCCC(=O)N[C@@H](C)c1ccc2c(c1)CCCC2. The topological polar surface area (TPSA) is 101 Å². The molecule has 0 fully saturated rings. The monoisotopic (exact) mass is 405 g/mol. The molecule has 0 spiro atoms. The first-order valence-electron chi connectivity index (χ1n) is 9.61. The van der Waals surface area contributed by atoms with Gasteiger partial charge >= 0.3 is 0 Å². The number of rotatable bonds is 7. The Bertz CT molecular complexity index is 946. The molecule has 0 unspecified atom stereocenters. The number of amides is 1. The molecule has 0 bridgehead atoms. The standard InChI is InChI=1S/C20H27N3O4S/c1-13(17-9-8-16-6-4-5-7-18(16)12-17)22-19(24)10-11-21-28(25,26)20-14(2)23-27-15(20)3/h8-9,12-13,21H,4-7,10-11H2,1-3H3,(H,22,24)/t13-/m0/s1. The fourth-order valence-corrected chi connectivity index (χ4v) is 5.01. The molecule has 1 amide bonds. The number of benzene rings is 1. The van der Waals surface area contributed by atoms with E-state index in [-0.39, 0.29) is 35.6 Å². The van der Waals surface area contributed by atoms with Crippen LogP contribution in [0.2, 0.25) is 0 Å². The molecule has 3 rings (SSSR count). The third kappa shape index (κ3) is 4.62. The van der Waals surface area contributed by atoms with Gasteiger partial charge in [-0.2, -0.15) is 0 Å². The molecule has 0 saturated heterocycles. The van der Waals surface area contributed by atoms with Crippen molar-refractivity contribution in [1.29, 1.82) is 0 Å². The third-order valence-corrected chi connectivity index (χ3v) is 6.84. The quantitative estimate of drug-likeness (QED) is 0.737. The van der Waals surface area contributed by atoms with E-state index in [0.29, 0.717) is 5.69 Å². The number of fused-ring (bicyclic) bond motifs is 1. The number of hydrogen-bond acceptors (Lipinski definition) is 5. The molecule has 1 aromatic carbocycles. The van der Waals surface area contributed by atoms with Gasteiger partial charge in [-0.3, -0.25) is 4.79 Å². The molecule has 1 atom stereocenters. The third-order valence-electron chi connectivity index (χ3n) is 5.13. The van der Waals surface area contributed by atoms with Crippen LogP contribution in [0.25, 0.3) is 0 Å². The summed E-state index contributed by atoms with van der Waals surface area (Å²) in [5, 5.41) is 6.60. The van der Waals surface area contributed by atoms with Crippen molar-refractivity contribution in [2.75, 3.05) is 6.54 Å². The zero-order valence-electron chi connectivity index (χ0n) is 16.5. The number of nitrogens with one attached hydrogen (secondary N) is 2. The molecule has 0 radical (unpaired) electrons. The van der Waals surface area contributed by atoms with E-state index in [1.165, 1.54) is 24.0 Å². The summed E-state index contributed by atoms with van der Waals surface area (Å²) in [5.74, 6) is 0.0298. The Balaban J connectivity index is 1.53. The van der Waals surface area contributed by atoms with E-state index in [0.717, 1.165) is 18.4 Å². The summed E-state index contributed by atoms with van der Waals surface area (Å²) < 4.78 is 32.0. The summed E-state index contributed by atoms with van der Waals surface area (Å²) in [4.78, 5) is 12.3. The first-order chi connectivity index (χ1) is 13.3. The highest BCUT2D eigenvalue weighted by Gasteiger charge is 2.24. The second-order valence-corrected chi connectivity index (χ2v) is 9.03. The molecule has 2 N–H and O–H groups in total. The fourth-order valence-electron chi connectivity index (χ4n) is 3.65. The lowest BCUT2D eigenvalue weighted by molar-refractivity contribution is -0.121. The largest absolute Gasteiger partial charge is 0.360 e. The minimum atomic E-state index is -3.75. The van der Waals surface area contributed by atoms with Gasteiger partial charge in [-0.25, -0.2) is 13.1 Å². The van der Waals surface area contributed by atoms with Gasteiger partial charge in [0.25, 0.3) is 0 Å². The zero-order chi connectivity index (χ0) is 20.3. The van der Waals surface area contributed by atoms with Crippen molar-refractivity contribution in [2.24, 2.45) is 0 Å². The smallest absolute Gasteiger partial charge is 0.245 e. The molecule has 8 heteroatoms. The molecule has 1 aromatic heterocycles. The van der Waals surface area contributed by atoms with Crippen LogP contribution in [0.1, 0.15) is 60.4 Å². The molecular formula is C20H27N3O4S. The van der Waals surface area contributed by atoms with Crippen molar-refractivity contribution in [3.05, 3.63) is 46.3 Å². The lowest BCUT2D eigenvalue weighted by Crippen LogP contribution is -2.32. The van der Waals surface area contributed by atoms with Gasteiger partial charge < -0.3 is 9.84 Å². The van der Waals surface area contributed by atoms with Crippen molar-refractivity contribution >= 4 is 15.9 Å². The van der Waals surface area contributed by atoms with E-state index in [1.54, 1.807) is 13.8 Å². The normalized spacial score (nSPS) is 15.1. The predicted octanol–water partition coefficient (Wildman–Crippen LogP) is 2.72. The highest BCUT2D eigenvalue weighted by Crippen LogP contribution is 2.25. The molecule has 28 heavy (non-hydrogen) atoms. The van der Waals surface area contributed by atoms with Crippen LogP contribution in [0.3, 0.4) is 0 Å². The van der Waals surface area contributed by atoms with Gasteiger partial charge in [0.15, 0.2) is 5.76 Å². The number of nitrogens with zero attached hydrogens (tertiary/aromatic N) is 1. The average Bonchev–Trinajstić information content (AvgIpc) is 3.00. The molecule has 1 aliphatic carbocycles. The molecule has 7 nitrogen and oxygen atoms in total. The summed E-state index contributed by atoms with van der Waals surface area (Å²) in [5.41, 5.74) is 4.15. The Labute approximate surface area is 165 Å². The van der Waals surface area contributed by atoms with Gasteiger partial charge in [0.2, 0.25) is 15.9 Å². The number of sulfonamides is 1. The van der Waals surface area contributed by atoms with Crippen LogP contribution in [0, 0.1) is 13.8 Å². The molecule has 1 heterocycles. The van der Waals surface area contributed by atoms with Crippen LogP contribution < -0.4 is 10.0 Å². The lowest BCUT2D eigenvalue weighted by atomic mass is 9.89. The molecular weight excluding hydrogens is 378 g/mol. The fraction of sp³-hybridized carbons (Fsp3) is 0.500. The van der Waals surface area contributed by atoms with Crippen molar-refractivity contribution in [3.63, 3.8) is 0 Å². The van der Waals surface area contributed by atoms with Crippen LogP contribution in [-0.2, 0) is 27.7 Å². The molecule has 2 aromatic rings. The second kappa shape index (κ2) is 8.45. The Morgan fingerprint density at radius 1 is 1.21 bits per heavy atom. The Kier molecular flexibility index (Phi) is 6.20. The van der Waals surface area contributed by atoms with Crippen LogP contribution in [0.15, 0.2) is 27.6 Å². The van der Waals surface area contributed by atoms with Crippen molar-refractivity contribution in [2.45, 2.75) is 63.8 Å². The van der Waals surface area contributed by atoms with Crippen molar-refractivity contribution in [3.8, 4) is 0 Å². The van der Waals surface area contributed by atoms with E-state index in [9.17, 15) is 13.2 Å². The van der Waals surface area contributed by atoms with Gasteiger partial charge in [0.1, 0.15) is 10.6 Å². The van der Waals surface area contributed by atoms with Crippen LogP contribution in [-0.4, -0.2) is 26.0 Å². The van der Waals surface area contributed by atoms with Crippen molar-refractivity contribution < 1.29 is 17.7 Å². The van der Waals surface area contributed by atoms with Crippen LogP contribution in [0.4, 0.5) is 0 Å². The first kappa shape index (κ1) is 20.5. The van der Waals surface area contributed by atoms with Gasteiger partial charge in [0.05, 0.1) is 6.04 Å². The predicted molar refractivity (Wildman–Crippen MR) is 105 cm³/mol. The second-order valence-electron chi connectivity index (χ2n) is 7.33. The summed E-state index contributed by atoms with van der Waals surface area (Å²) in [6, 6.07) is 6.28. The zero-order valence-corrected chi connectivity index (χ0v) is 17.4. The molecule has 152 valence electrons. The average molecular weight is 406 g/mol. The summed E-state index contributed by atoms with van der Waals surface area (Å²) in [7, 11) is -3.75. The summed E-state index contributed by atoms with van der Waals surface area (Å²) in [6.45, 7) is 5.06. The van der Waals surface area contributed by atoms with E-state index < -0.39 is 10.0 Å². The first-order valence-corrected chi connectivity index (χ1v) is 11.1. The van der Waals surface area contributed by atoms with Crippen LogP contribution >= 0.6 is 0 Å². The molecule has 0 saturated carbocycles. The lowest BCUT2D eigenvalue weighted by Gasteiger charge is -2.20. The number of aromatic nitrogens is 1. The van der Waals surface area contributed by atoms with E-state index in [1.807, 2.05) is 6.92 Å². The van der Waals surface area contributed by atoms with E-state index in [2.05, 4.69) is 33.4 Å². The number of aryl methyl sites for hydroxylation is 4. The van der Waals surface area contributed by atoms with Gasteiger partial charge in [0, 0.05) is 13.0 Å². The molecule has 0 aliphatic heterocycles. The van der Waals surface area contributed by atoms with Gasteiger partial charge in [-0.15, -0.1) is 0 Å². The minimum absolute atomic E-state index is 0.00906. The molecule has 1 aliphatic rings. The highest BCUT2D eigenvalue weighted by atomic mass is 32.2. The van der Waals surface area contributed by atoms with Crippen LogP contribution in [0.5, 0.6) is 0 Å². The number of hydrogen-bond donors (Lipinski definition) is 2. The van der Waals surface area contributed by atoms with Crippen molar-refractivity contribution in [1.82, 2.24) is 15.2 Å². The number of carbonyl (C=O) groups excluding carboxylic acids is 1. The van der Waals surface area contributed by atoms with Gasteiger partial charge in [-0.1, -0.05) is 23.4 Å². The van der Waals surface area contributed by atoms with Gasteiger partial charge in [-0.05, 0) is 63.1 Å². The Morgan fingerprint density at radius 3 is 2.61 bits per heavy atom. The Hall–Kier alpha value is -2.19.